The van der Waals surface area contributed by atoms with Crippen LogP contribution in [-0.2, 0) is 10.5 Å². The average Bonchev–Trinajstić information content (AvgIpc) is 2.47. The number of ether oxygens (including phenoxy) is 1. The van der Waals surface area contributed by atoms with E-state index in [1.165, 1.54) is 12.0 Å². The molecule has 1 fully saturated rings. The zero-order valence-electron chi connectivity index (χ0n) is 13.7. The average molecular weight is 322 g/mol. The maximum absolute atomic E-state index is 12.3. The Morgan fingerprint density at radius 2 is 2.09 bits per heavy atom. The molecule has 1 atom stereocenters. The molecule has 22 heavy (non-hydrogen) atoms. The number of amides is 1. The highest BCUT2D eigenvalue weighted by molar-refractivity contribution is 7.98. The van der Waals surface area contributed by atoms with Gasteiger partial charge in [0.2, 0.25) is 0 Å². The molecule has 122 valence electrons. The summed E-state index contributed by atoms with van der Waals surface area (Å²) in [5.74, 6) is 1.92. The van der Waals surface area contributed by atoms with Crippen LogP contribution in [0.1, 0.15) is 45.6 Å². The molecule has 0 spiro atoms. The van der Waals surface area contributed by atoms with E-state index in [2.05, 4.69) is 4.98 Å². The predicted molar refractivity (Wildman–Crippen MR) is 91.0 cm³/mol. The quantitative estimate of drug-likeness (QED) is 0.837. The van der Waals surface area contributed by atoms with Crippen LogP contribution in [0.25, 0.3) is 0 Å². The lowest BCUT2D eigenvalue weighted by molar-refractivity contribution is 0.0126. The molecule has 1 aliphatic rings. The van der Waals surface area contributed by atoms with Gasteiger partial charge in [-0.1, -0.05) is 0 Å². The van der Waals surface area contributed by atoms with Gasteiger partial charge in [-0.25, -0.2) is 4.79 Å². The van der Waals surface area contributed by atoms with Crippen LogP contribution >= 0.6 is 11.8 Å². The minimum Gasteiger partial charge on any atom is -0.444 e. The third kappa shape index (κ3) is 5.52. The van der Waals surface area contributed by atoms with Gasteiger partial charge in [-0.15, -0.1) is 0 Å². The van der Waals surface area contributed by atoms with Gasteiger partial charge in [0.15, 0.2) is 0 Å². The minimum atomic E-state index is -0.427. The lowest BCUT2D eigenvalue weighted by atomic mass is 10.0. The molecule has 1 aromatic rings. The van der Waals surface area contributed by atoms with Crippen LogP contribution in [0.5, 0.6) is 0 Å². The van der Waals surface area contributed by atoms with E-state index in [9.17, 15) is 4.79 Å². The first-order chi connectivity index (χ1) is 10.5. The van der Waals surface area contributed by atoms with Crippen LogP contribution in [0, 0.1) is 0 Å². The molecule has 1 aromatic heterocycles. The van der Waals surface area contributed by atoms with Crippen LogP contribution < -0.4 is 0 Å². The highest BCUT2D eigenvalue weighted by Gasteiger charge is 2.30. The Hall–Kier alpha value is -1.23. The van der Waals surface area contributed by atoms with Gasteiger partial charge in [0.1, 0.15) is 5.60 Å². The Balaban J connectivity index is 1.85. The summed E-state index contributed by atoms with van der Waals surface area (Å²) in [6.45, 7) is 6.57. The molecular weight excluding hydrogens is 296 g/mol. The van der Waals surface area contributed by atoms with Gasteiger partial charge in [0.05, 0.1) is 0 Å². The van der Waals surface area contributed by atoms with Gasteiger partial charge >= 0.3 is 6.09 Å². The van der Waals surface area contributed by atoms with Crippen molar-refractivity contribution >= 4 is 17.9 Å². The van der Waals surface area contributed by atoms with Crippen molar-refractivity contribution in [2.24, 2.45) is 0 Å². The molecule has 5 heteroatoms. The molecule has 2 rings (SSSR count). The fraction of sp³-hybridized carbons (Fsp3) is 0.647. The molecule has 0 aliphatic carbocycles. The first-order valence-electron chi connectivity index (χ1n) is 7.92. The number of hydrogen-bond acceptors (Lipinski definition) is 4. The van der Waals surface area contributed by atoms with E-state index in [0.29, 0.717) is 0 Å². The third-order valence-electron chi connectivity index (χ3n) is 3.58. The number of carbonyl (C=O) groups excluding carboxylic acids is 1. The topological polar surface area (TPSA) is 42.4 Å². The highest BCUT2D eigenvalue weighted by atomic mass is 32.2. The number of thioether (sulfide) groups is 1. The number of rotatable bonds is 4. The van der Waals surface area contributed by atoms with Gasteiger partial charge < -0.3 is 9.64 Å². The number of carbonyl (C=O) groups is 1. The summed E-state index contributed by atoms with van der Waals surface area (Å²) in [5.41, 5.74) is 0.850. The van der Waals surface area contributed by atoms with Crippen molar-refractivity contribution in [2.45, 2.75) is 57.4 Å². The van der Waals surface area contributed by atoms with E-state index in [1.807, 2.05) is 62.0 Å². The van der Waals surface area contributed by atoms with Crippen LogP contribution in [0.4, 0.5) is 4.79 Å². The minimum absolute atomic E-state index is 0.165. The first-order valence-corrected chi connectivity index (χ1v) is 9.07. The fourth-order valence-electron chi connectivity index (χ4n) is 2.53. The zero-order chi connectivity index (χ0) is 16.0. The molecule has 1 aliphatic heterocycles. The van der Waals surface area contributed by atoms with Crippen molar-refractivity contribution in [3.8, 4) is 0 Å². The highest BCUT2D eigenvalue weighted by Crippen LogP contribution is 2.24. The van der Waals surface area contributed by atoms with Gasteiger partial charge in [0, 0.05) is 36.5 Å². The van der Waals surface area contributed by atoms with Gasteiger partial charge in [-0.3, -0.25) is 4.98 Å². The van der Waals surface area contributed by atoms with E-state index in [0.717, 1.165) is 30.9 Å². The van der Waals surface area contributed by atoms with E-state index in [1.54, 1.807) is 0 Å². The summed E-state index contributed by atoms with van der Waals surface area (Å²) in [4.78, 5) is 18.3. The molecular formula is C17H26N2O2S. The largest absolute Gasteiger partial charge is 0.444 e. The van der Waals surface area contributed by atoms with Crippen molar-refractivity contribution in [3.05, 3.63) is 30.1 Å². The Labute approximate surface area is 137 Å². The lowest BCUT2D eigenvalue weighted by Crippen LogP contribution is -2.47. The van der Waals surface area contributed by atoms with Crippen molar-refractivity contribution < 1.29 is 9.53 Å². The Morgan fingerprint density at radius 1 is 1.36 bits per heavy atom. The lowest BCUT2D eigenvalue weighted by Gasteiger charge is -2.36. The number of nitrogens with zero attached hydrogens (tertiary/aromatic N) is 2. The van der Waals surface area contributed by atoms with Crippen LogP contribution in [-0.4, -0.2) is 39.9 Å². The van der Waals surface area contributed by atoms with Crippen molar-refractivity contribution in [3.63, 3.8) is 0 Å². The second-order valence-corrected chi connectivity index (χ2v) is 7.72. The Kier molecular flexibility index (Phi) is 6.12. The molecule has 0 aromatic carbocycles. The normalized spacial score (nSPS) is 19.0. The summed E-state index contributed by atoms with van der Waals surface area (Å²) >= 11 is 1.87. The van der Waals surface area contributed by atoms with Crippen molar-refractivity contribution in [1.29, 1.82) is 0 Å². The van der Waals surface area contributed by atoms with E-state index in [-0.39, 0.29) is 12.1 Å². The molecule has 0 bridgehead atoms. The first kappa shape index (κ1) is 17.1. The van der Waals surface area contributed by atoms with E-state index < -0.39 is 5.60 Å². The van der Waals surface area contributed by atoms with E-state index >= 15 is 0 Å². The maximum Gasteiger partial charge on any atom is 0.410 e. The number of likely N-dealkylation sites (tertiary alicyclic amines) is 1. The molecule has 1 saturated heterocycles. The number of pyridine rings is 1. The van der Waals surface area contributed by atoms with Crippen LogP contribution in [0.15, 0.2) is 24.5 Å². The molecule has 2 heterocycles. The van der Waals surface area contributed by atoms with Gasteiger partial charge in [-0.05, 0) is 57.7 Å². The Morgan fingerprint density at radius 3 is 2.77 bits per heavy atom. The number of piperidine rings is 1. The Bertz CT molecular complexity index is 473. The van der Waals surface area contributed by atoms with Crippen LogP contribution in [0.3, 0.4) is 0 Å². The van der Waals surface area contributed by atoms with E-state index in [4.69, 9.17) is 4.74 Å². The summed E-state index contributed by atoms with van der Waals surface area (Å²) in [6, 6.07) is 4.37. The van der Waals surface area contributed by atoms with Crippen molar-refractivity contribution in [2.75, 3.05) is 12.3 Å². The second kappa shape index (κ2) is 7.86. The molecule has 1 amide bonds. The summed E-state index contributed by atoms with van der Waals surface area (Å²) in [5, 5.41) is 0. The zero-order valence-corrected chi connectivity index (χ0v) is 14.6. The SMILES string of the molecule is CC(C)(C)OC(=O)N1CCCC[C@H]1CSCc1ccncc1. The van der Waals surface area contributed by atoms with Gasteiger partial charge in [-0.2, -0.15) is 11.8 Å². The number of hydrogen-bond donors (Lipinski definition) is 0. The molecule has 0 N–H and O–H groups in total. The predicted octanol–water partition coefficient (Wildman–Crippen LogP) is 4.10. The van der Waals surface area contributed by atoms with Crippen molar-refractivity contribution in [1.82, 2.24) is 9.88 Å². The van der Waals surface area contributed by atoms with Gasteiger partial charge in [0.25, 0.3) is 0 Å². The standard InChI is InChI=1S/C17H26N2O2S/c1-17(2,3)21-16(20)19-11-5-4-6-15(19)13-22-12-14-7-9-18-10-8-14/h7-10,15H,4-6,11-13H2,1-3H3/t15-/m0/s1. The summed E-state index contributed by atoms with van der Waals surface area (Å²) < 4.78 is 5.54. The summed E-state index contributed by atoms with van der Waals surface area (Å²) in [7, 11) is 0. The maximum atomic E-state index is 12.3. The van der Waals surface area contributed by atoms with Crippen LogP contribution in [0.2, 0.25) is 0 Å². The second-order valence-electron chi connectivity index (χ2n) is 6.69. The molecule has 0 saturated carbocycles. The molecule has 0 unspecified atom stereocenters. The molecule has 0 radical (unpaired) electrons. The fourth-order valence-corrected chi connectivity index (χ4v) is 3.69. The monoisotopic (exact) mass is 322 g/mol. The third-order valence-corrected chi connectivity index (χ3v) is 4.74. The smallest absolute Gasteiger partial charge is 0.410 e. The summed E-state index contributed by atoms with van der Waals surface area (Å²) in [6.07, 6.45) is 6.82. The molecule has 4 nitrogen and oxygen atoms in total. The number of aromatic nitrogens is 1.